The minimum absolute atomic E-state index is 0.294. The normalized spacial score (nSPS) is 13.3. The van der Waals surface area contributed by atoms with Gasteiger partial charge in [-0.25, -0.2) is 0 Å². The van der Waals surface area contributed by atoms with Crippen LogP contribution in [0, 0.1) is 0 Å². The first-order valence-corrected chi connectivity index (χ1v) is 3.66. The number of aromatic nitrogens is 2. The zero-order valence-corrected chi connectivity index (χ0v) is 6.54. The van der Waals surface area contributed by atoms with Gasteiger partial charge in [-0.15, -0.1) is 0 Å². The van der Waals surface area contributed by atoms with E-state index in [1.165, 1.54) is 0 Å². The third-order valence-corrected chi connectivity index (χ3v) is 1.31. The maximum Gasteiger partial charge on any atom is 0.0636 e. The van der Waals surface area contributed by atoms with Crippen molar-refractivity contribution in [2.24, 2.45) is 0 Å². The third-order valence-electron chi connectivity index (χ3n) is 1.31. The summed E-state index contributed by atoms with van der Waals surface area (Å²) in [5.41, 5.74) is 1.03. The fourth-order valence-corrected chi connectivity index (χ4v) is 0.799. The summed E-state index contributed by atoms with van der Waals surface area (Å²) in [6, 6.07) is 1.90. The number of aliphatic hydroxyl groups excluding tert-OH is 1. The smallest absolute Gasteiger partial charge is 0.0636 e. The van der Waals surface area contributed by atoms with Gasteiger partial charge in [0.05, 0.1) is 6.10 Å². The Morgan fingerprint density at radius 2 is 2.64 bits per heavy atom. The molecule has 1 aromatic heterocycles. The molecule has 0 aliphatic heterocycles. The summed E-state index contributed by atoms with van der Waals surface area (Å²) in [6.45, 7) is 3.09. The van der Waals surface area contributed by atoms with Crippen LogP contribution in [0.3, 0.4) is 0 Å². The van der Waals surface area contributed by atoms with Gasteiger partial charge in [-0.05, 0) is 13.0 Å². The summed E-state index contributed by atoms with van der Waals surface area (Å²) in [7, 11) is 0. The number of nitrogens with one attached hydrogen (secondary N) is 2. The van der Waals surface area contributed by atoms with Crippen LogP contribution in [0.2, 0.25) is 0 Å². The molecule has 0 amide bonds. The molecule has 0 saturated carbocycles. The van der Waals surface area contributed by atoms with Crippen LogP contribution >= 0.6 is 0 Å². The lowest BCUT2D eigenvalue weighted by molar-refractivity contribution is 0.191. The minimum Gasteiger partial charge on any atom is -0.392 e. The summed E-state index contributed by atoms with van der Waals surface area (Å²) < 4.78 is 0. The molecule has 3 N–H and O–H groups in total. The predicted octanol–water partition coefficient (Wildman–Crippen LogP) is -0.120. The molecule has 0 aliphatic rings. The molecule has 0 radical (unpaired) electrons. The number of aliphatic hydroxyl groups is 1. The highest BCUT2D eigenvalue weighted by Crippen LogP contribution is 1.89. The van der Waals surface area contributed by atoms with E-state index >= 15 is 0 Å². The summed E-state index contributed by atoms with van der Waals surface area (Å²) in [5, 5.41) is 18.6. The highest BCUT2D eigenvalue weighted by atomic mass is 16.3. The topological polar surface area (TPSA) is 60.9 Å². The van der Waals surface area contributed by atoms with Gasteiger partial charge in [-0.3, -0.25) is 5.10 Å². The quantitative estimate of drug-likeness (QED) is 0.568. The van der Waals surface area contributed by atoms with Crippen LogP contribution in [0.5, 0.6) is 0 Å². The number of nitrogens with zero attached hydrogens (tertiary/aromatic N) is 1. The molecular weight excluding hydrogens is 142 g/mol. The molecule has 0 spiro atoms. The van der Waals surface area contributed by atoms with E-state index in [2.05, 4.69) is 15.5 Å². The molecule has 0 saturated heterocycles. The van der Waals surface area contributed by atoms with Crippen molar-refractivity contribution in [2.45, 2.75) is 19.6 Å². The van der Waals surface area contributed by atoms with Crippen molar-refractivity contribution >= 4 is 0 Å². The Labute approximate surface area is 65.6 Å². The SMILES string of the molecule is CC(O)CNCc1ccn[nH]1. The van der Waals surface area contributed by atoms with Gasteiger partial charge in [0.1, 0.15) is 0 Å². The lowest BCUT2D eigenvalue weighted by Crippen LogP contribution is -2.23. The van der Waals surface area contributed by atoms with E-state index in [4.69, 9.17) is 5.11 Å². The Kier molecular flexibility index (Phi) is 3.07. The molecule has 1 unspecified atom stereocenters. The Hall–Kier alpha value is -0.870. The Bertz CT molecular complexity index is 184. The van der Waals surface area contributed by atoms with E-state index in [1.54, 1.807) is 13.1 Å². The van der Waals surface area contributed by atoms with Gasteiger partial charge in [-0.2, -0.15) is 5.10 Å². The molecule has 11 heavy (non-hydrogen) atoms. The molecule has 1 heterocycles. The Morgan fingerprint density at radius 1 is 1.82 bits per heavy atom. The second kappa shape index (κ2) is 4.10. The molecule has 0 bridgehead atoms. The molecule has 1 rings (SSSR count). The van der Waals surface area contributed by atoms with Crippen molar-refractivity contribution in [3.8, 4) is 0 Å². The molecule has 4 nitrogen and oxygen atoms in total. The van der Waals surface area contributed by atoms with Crippen LogP contribution in [-0.2, 0) is 6.54 Å². The minimum atomic E-state index is -0.294. The monoisotopic (exact) mass is 155 g/mol. The summed E-state index contributed by atoms with van der Waals surface area (Å²) >= 11 is 0. The van der Waals surface area contributed by atoms with Crippen LogP contribution < -0.4 is 5.32 Å². The third kappa shape index (κ3) is 3.15. The van der Waals surface area contributed by atoms with Gasteiger partial charge < -0.3 is 10.4 Å². The van der Waals surface area contributed by atoms with Crippen molar-refractivity contribution in [3.05, 3.63) is 18.0 Å². The van der Waals surface area contributed by atoms with E-state index < -0.39 is 0 Å². The average Bonchev–Trinajstić information content (AvgIpc) is 2.39. The van der Waals surface area contributed by atoms with Crippen molar-refractivity contribution in [3.63, 3.8) is 0 Å². The van der Waals surface area contributed by atoms with Gasteiger partial charge in [0.2, 0.25) is 0 Å². The predicted molar refractivity (Wildman–Crippen MR) is 42.0 cm³/mol. The molecule has 62 valence electrons. The van der Waals surface area contributed by atoms with Gasteiger partial charge in [0.15, 0.2) is 0 Å². The van der Waals surface area contributed by atoms with E-state index in [0.717, 1.165) is 12.2 Å². The number of H-pyrrole nitrogens is 1. The highest BCUT2D eigenvalue weighted by molar-refractivity contribution is 4.96. The molecular formula is C7H13N3O. The molecule has 4 heteroatoms. The maximum atomic E-state index is 8.89. The Balaban J connectivity index is 2.14. The molecule has 0 fully saturated rings. The second-order valence-corrected chi connectivity index (χ2v) is 2.56. The van der Waals surface area contributed by atoms with Gasteiger partial charge >= 0.3 is 0 Å². The molecule has 1 aromatic rings. The first-order valence-electron chi connectivity index (χ1n) is 3.66. The van der Waals surface area contributed by atoms with E-state index in [0.29, 0.717) is 6.54 Å². The lowest BCUT2D eigenvalue weighted by Gasteiger charge is -2.04. The van der Waals surface area contributed by atoms with Gasteiger partial charge in [0, 0.05) is 25.0 Å². The standard InChI is InChI=1S/C7H13N3O/c1-6(11)4-8-5-7-2-3-9-10-7/h2-3,6,8,11H,4-5H2,1H3,(H,9,10). The molecule has 1 atom stereocenters. The van der Waals surface area contributed by atoms with Gasteiger partial charge in [0.25, 0.3) is 0 Å². The number of rotatable bonds is 4. The summed E-state index contributed by atoms with van der Waals surface area (Å²) in [6.07, 6.45) is 1.41. The largest absolute Gasteiger partial charge is 0.392 e. The van der Waals surface area contributed by atoms with Crippen molar-refractivity contribution < 1.29 is 5.11 Å². The zero-order valence-electron chi connectivity index (χ0n) is 6.54. The van der Waals surface area contributed by atoms with Crippen LogP contribution in [0.4, 0.5) is 0 Å². The number of hydrogen-bond donors (Lipinski definition) is 3. The lowest BCUT2D eigenvalue weighted by atomic mass is 10.4. The summed E-state index contributed by atoms with van der Waals surface area (Å²) in [4.78, 5) is 0. The van der Waals surface area contributed by atoms with E-state index in [9.17, 15) is 0 Å². The maximum absolute atomic E-state index is 8.89. The van der Waals surface area contributed by atoms with Crippen LogP contribution in [-0.4, -0.2) is 28.0 Å². The average molecular weight is 155 g/mol. The zero-order chi connectivity index (χ0) is 8.10. The van der Waals surface area contributed by atoms with Crippen LogP contribution in [0.25, 0.3) is 0 Å². The first kappa shape index (κ1) is 8.23. The fourth-order valence-electron chi connectivity index (χ4n) is 0.799. The number of hydrogen-bond acceptors (Lipinski definition) is 3. The first-order chi connectivity index (χ1) is 5.29. The van der Waals surface area contributed by atoms with Crippen molar-refractivity contribution in [1.82, 2.24) is 15.5 Å². The van der Waals surface area contributed by atoms with E-state index in [-0.39, 0.29) is 6.10 Å². The van der Waals surface area contributed by atoms with Gasteiger partial charge in [-0.1, -0.05) is 0 Å². The summed E-state index contributed by atoms with van der Waals surface area (Å²) in [5.74, 6) is 0. The molecule has 0 aromatic carbocycles. The second-order valence-electron chi connectivity index (χ2n) is 2.56. The van der Waals surface area contributed by atoms with Crippen molar-refractivity contribution in [1.29, 1.82) is 0 Å². The van der Waals surface area contributed by atoms with Crippen LogP contribution in [0.1, 0.15) is 12.6 Å². The Morgan fingerprint density at radius 3 is 3.18 bits per heavy atom. The van der Waals surface area contributed by atoms with Crippen molar-refractivity contribution in [2.75, 3.05) is 6.54 Å². The molecule has 0 aliphatic carbocycles. The number of aromatic amines is 1. The van der Waals surface area contributed by atoms with Crippen LogP contribution in [0.15, 0.2) is 12.3 Å². The highest BCUT2D eigenvalue weighted by Gasteiger charge is 1.95. The fraction of sp³-hybridized carbons (Fsp3) is 0.571. The van der Waals surface area contributed by atoms with E-state index in [1.807, 2.05) is 6.07 Å².